The Balaban J connectivity index is 1.96. The number of anilines is 1. The number of aromatic hydroxyl groups is 1. The fourth-order valence-corrected chi connectivity index (χ4v) is 1.89. The quantitative estimate of drug-likeness (QED) is 0.846. The molecular formula is C16H19NO3. The molecule has 0 atom stereocenters. The van der Waals surface area contributed by atoms with Gasteiger partial charge < -0.3 is 19.9 Å². The first-order valence-corrected chi connectivity index (χ1v) is 6.55. The van der Waals surface area contributed by atoms with E-state index >= 15 is 0 Å². The number of hydrogen-bond acceptors (Lipinski definition) is 4. The van der Waals surface area contributed by atoms with Crippen molar-refractivity contribution in [1.29, 1.82) is 0 Å². The Morgan fingerprint density at radius 2 is 1.85 bits per heavy atom. The highest BCUT2D eigenvalue weighted by Gasteiger charge is 2.02. The van der Waals surface area contributed by atoms with Crippen molar-refractivity contribution in [3.63, 3.8) is 0 Å². The molecule has 2 aromatic rings. The van der Waals surface area contributed by atoms with Gasteiger partial charge in [-0.1, -0.05) is 6.07 Å². The van der Waals surface area contributed by atoms with Crippen LogP contribution in [0, 0.1) is 0 Å². The highest BCUT2D eigenvalue weighted by Crippen LogP contribution is 2.26. The van der Waals surface area contributed by atoms with Gasteiger partial charge in [0.1, 0.15) is 5.75 Å². The summed E-state index contributed by atoms with van der Waals surface area (Å²) in [6.45, 7) is 3.26. The predicted molar refractivity (Wildman–Crippen MR) is 79.6 cm³/mol. The van der Waals surface area contributed by atoms with Crippen LogP contribution in [0.25, 0.3) is 0 Å². The number of phenols is 1. The Hall–Kier alpha value is -2.36. The van der Waals surface area contributed by atoms with Crippen LogP contribution in [0.2, 0.25) is 0 Å². The summed E-state index contributed by atoms with van der Waals surface area (Å²) in [5.41, 5.74) is 1.99. The molecule has 0 saturated carbocycles. The monoisotopic (exact) mass is 273 g/mol. The molecule has 0 heterocycles. The molecule has 0 aromatic heterocycles. The summed E-state index contributed by atoms with van der Waals surface area (Å²) in [4.78, 5) is 0. The first kappa shape index (κ1) is 14.1. The van der Waals surface area contributed by atoms with E-state index in [0.717, 1.165) is 17.0 Å². The standard InChI is InChI=1S/C16H19NO3/c1-3-20-14-7-5-13(6-8-14)17-11-12-4-9-16(19-2)15(18)10-12/h4-10,17-18H,3,11H2,1-2H3. The van der Waals surface area contributed by atoms with Crippen LogP contribution < -0.4 is 14.8 Å². The normalized spacial score (nSPS) is 10.1. The van der Waals surface area contributed by atoms with Crippen LogP contribution in [-0.2, 0) is 6.54 Å². The van der Waals surface area contributed by atoms with Gasteiger partial charge in [-0.15, -0.1) is 0 Å². The minimum atomic E-state index is 0.151. The predicted octanol–water partition coefficient (Wildman–Crippen LogP) is 3.41. The molecule has 0 aliphatic carbocycles. The molecule has 0 aliphatic heterocycles. The lowest BCUT2D eigenvalue weighted by Crippen LogP contribution is -1.99. The maximum atomic E-state index is 9.71. The van der Waals surface area contributed by atoms with Gasteiger partial charge >= 0.3 is 0 Å². The number of rotatable bonds is 6. The lowest BCUT2D eigenvalue weighted by Gasteiger charge is -2.09. The van der Waals surface area contributed by atoms with Crippen molar-refractivity contribution in [2.45, 2.75) is 13.5 Å². The van der Waals surface area contributed by atoms with Gasteiger partial charge in [0.2, 0.25) is 0 Å². The molecule has 2 rings (SSSR count). The lowest BCUT2D eigenvalue weighted by atomic mass is 10.2. The third kappa shape index (κ3) is 3.57. The third-order valence-corrected chi connectivity index (χ3v) is 2.91. The van der Waals surface area contributed by atoms with Crippen LogP contribution in [0.15, 0.2) is 42.5 Å². The van der Waals surface area contributed by atoms with Crippen LogP contribution in [0.4, 0.5) is 5.69 Å². The molecule has 2 N–H and O–H groups in total. The number of hydrogen-bond donors (Lipinski definition) is 2. The Morgan fingerprint density at radius 3 is 2.45 bits per heavy atom. The SMILES string of the molecule is CCOc1ccc(NCc2ccc(OC)c(O)c2)cc1. The van der Waals surface area contributed by atoms with Gasteiger partial charge in [0.05, 0.1) is 13.7 Å². The van der Waals surface area contributed by atoms with E-state index in [0.29, 0.717) is 18.9 Å². The summed E-state index contributed by atoms with van der Waals surface area (Å²) >= 11 is 0. The summed E-state index contributed by atoms with van der Waals surface area (Å²) in [6, 6.07) is 13.2. The zero-order valence-electron chi connectivity index (χ0n) is 11.7. The molecule has 0 unspecified atom stereocenters. The first-order chi connectivity index (χ1) is 9.72. The van der Waals surface area contributed by atoms with Gasteiger partial charge in [-0.2, -0.15) is 0 Å². The van der Waals surface area contributed by atoms with Crippen LogP contribution in [0.1, 0.15) is 12.5 Å². The van der Waals surface area contributed by atoms with Crippen molar-refractivity contribution < 1.29 is 14.6 Å². The summed E-state index contributed by atoms with van der Waals surface area (Å²) in [5, 5.41) is 13.0. The van der Waals surface area contributed by atoms with Crippen molar-refractivity contribution in [1.82, 2.24) is 0 Å². The zero-order chi connectivity index (χ0) is 14.4. The first-order valence-electron chi connectivity index (χ1n) is 6.55. The topological polar surface area (TPSA) is 50.7 Å². The molecule has 4 nitrogen and oxygen atoms in total. The van der Waals surface area contributed by atoms with Crippen LogP contribution in [0.5, 0.6) is 17.2 Å². The highest BCUT2D eigenvalue weighted by molar-refractivity contribution is 5.48. The fourth-order valence-electron chi connectivity index (χ4n) is 1.89. The fraction of sp³-hybridized carbons (Fsp3) is 0.250. The highest BCUT2D eigenvalue weighted by atomic mass is 16.5. The van der Waals surface area contributed by atoms with Crippen LogP contribution in [0.3, 0.4) is 0 Å². The Morgan fingerprint density at radius 1 is 1.10 bits per heavy atom. The summed E-state index contributed by atoms with van der Waals surface area (Å²) < 4.78 is 10.4. The van der Waals surface area contributed by atoms with Crippen molar-refractivity contribution in [3.8, 4) is 17.2 Å². The molecule has 0 spiro atoms. The van der Waals surface area contributed by atoms with Crippen LogP contribution >= 0.6 is 0 Å². The molecule has 0 saturated heterocycles. The van der Waals surface area contributed by atoms with Crippen molar-refractivity contribution in [2.75, 3.05) is 19.0 Å². The smallest absolute Gasteiger partial charge is 0.160 e. The molecule has 0 aliphatic rings. The minimum absolute atomic E-state index is 0.151. The second kappa shape index (κ2) is 6.70. The zero-order valence-corrected chi connectivity index (χ0v) is 11.7. The number of nitrogens with one attached hydrogen (secondary N) is 1. The maximum absolute atomic E-state index is 9.71. The van der Waals surface area contributed by atoms with E-state index in [1.807, 2.05) is 37.3 Å². The van der Waals surface area contributed by atoms with E-state index in [1.165, 1.54) is 7.11 Å². The third-order valence-electron chi connectivity index (χ3n) is 2.91. The number of methoxy groups -OCH3 is 1. The molecule has 2 aromatic carbocycles. The largest absolute Gasteiger partial charge is 0.504 e. The molecular weight excluding hydrogens is 254 g/mol. The van der Waals surface area contributed by atoms with Gasteiger partial charge in [-0.05, 0) is 48.9 Å². The molecule has 0 fully saturated rings. The molecule has 4 heteroatoms. The number of ether oxygens (including phenoxy) is 2. The Kier molecular flexibility index (Phi) is 4.71. The van der Waals surface area contributed by atoms with E-state index in [9.17, 15) is 5.11 Å². The second-order valence-electron chi connectivity index (χ2n) is 4.32. The number of benzene rings is 2. The summed E-state index contributed by atoms with van der Waals surface area (Å²) in [6.07, 6.45) is 0. The van der Waals surface area contributed by atoms with E-state index in [2.05, 4.69) is 5.32 Å². The van der Waals surface area contributed by atoms with E-state index < -0.39 is 0 Å². The van der Waals surface area contributed by atoms with Gasteiger partial charge in [-0.3, -0.25) is 0 Å². The summed E-state index contributed by atoms with van der Waals surface area (Å²) in [7, 11) is 1.53. The van der Waals surface area contributed by atoms with E-state index in [-0.39, 0.29) is 5.75 Å². The minimum Gasteiger partial charge on any atom is -0.504 e. The van der Waals surface area contributed by atoms with Gasteiger partial charge in [0.25, 0.3) is 0 Å². The van der Waals surface area contributed by atoms with E-state index in [4.69, 9.17) is 9.47 Å². The Bertz CT molecular complexity index is 552. The maximum Gasteiger partial charge on any atom is 0.160 e. The molecule has 20 heavy (non-hydrogen) atoms. The molecule has 0 radical (unpaired) electrons. The van der Waals surface area contributed by atoms with Crippen molar-refractivity contribution >= 4 is 5.69 Å². The van der Waals surface area contributed by atoms with Gasteiger partial charge in [-0.25, -0.2) is 0 Å². The van der Waals surface area contributed by atoms with E-state index in [1.54, 1.807) is 12.1 Å². The average Bonchev–Trinajstić information content (AvgIpc) is 2.47. The Labute approximate surface area is 119 Å². The van der Waals surface area contributed by atoms with Crippen molar-refractivity contribution in [2.24, 2.45) is 0 Å². The molecule has 0 amide bonds. The second-order valence-corrected chi connectivity index (χ2v) is 4.32. The molecule has 0 bridgehead atoms. The summed E-state index contributed by atoms with van der Waals surface area (Å²) in [5.74, 6) is 1.49. The van der Waals surface area contributed by atoms with Crippen molar-refractivity contribution in [3.05, 3.63) is 48.0 Å². The lowest BCUT2D eigenvalue weighted by molar-refractivity contribution is 0.340. The molecule has 106 valence electrons. The van der Waals surface area contributed by atoms with Crippen LogP contribution in [-0.4, -0.2) is 18.8 Å². The van der Waals surface area contributed by atoms with Gasteiger partial charge in [0.15, 0.2) is 11.5 Å². The van der Waals surface area contributed by atoms with Gasteiger partial charge in [0, 0.05) is 12.2 Å². The number of phenolic OH excluding ortho intramolecular Hbond substituents is 1. The average molecular weight is 273 g/mol.